The number of rotatable bonds is 6. The Morgan fingerprint density at radius 1 is 1.20 bits per heavy atom. The number of aryl methyl sites for hydroxylation is 1. The summed E-state index contributed by atoms with van der Waals surface area (Å²) in [4.78, 5) is 14.3. The van der Waals surface area contributed by atoms with Crippen molar-refractivity contribution in [2.24, 2.45) is 0 Å². The number of hydrogen-bond donors (Lipinski definition) is 1. The quantitative estimate of drug-likeness (QED) is 0.857. The molecule has 2 rings (SSSR count). The topological polar surface area (TPSA) is 75.7 Å². The fourth-order valence-corrected chi connectivity index (χ4v) is 3.10. The van der Waals surface area contributed by atoms with Crippen molar-refractivity contribution in [2.45, 2.75) is 13.5 Å². The first-order valence-corrected chi connectivity index (χ1v) is 9.56. The van der Waals surface area contributed by atoms with Crippen molar-refractivity contribution < 1.29 is 17.9 Å². The molecule has 7 heteroatoms. The number of amides is 1. The second-order valence-electron chi connectivity index (χ2n) is 5.90. The number of hydrogen-bond acceptors (Lipinski definition) is 4. The van der Waals surface area contributed by atoms with Crippen LogP contribution in [0.3, 0.4) is 0 Å². The summed E-state index contributed by atoms with van der Waals surface area (Å²) in [6.07, 6.45) is 1.05. The van der Waals surface area contributed by atoms with E-state index in [0.29, 0.717) is 17.9 Å². The molecule has 1 amide bonds. The van der Waals surface area contributed by atoms with Crippen LogP contribution in [0.2, 0.25) is 0 Å². The van der Waals surface area contributed by atoms with Crippen LogP contribution < -0.4 is 9.46 Å². The van der Waals surface area contributed by atoms with Crippen LogP contribution in [0.15, 0.2) is 42.5 Å². The van der Waals surface area contributed by atoms with Crippen molar-refractivity contribution in [1.82, 2.24) is 4.90 Å². The normalized spacial score (nSPS) is 11.0. The van der Waals surface area contributed by atoms with E-state index in [1.165, 1.54) is 4.90 Å². The van der Waals surface area contributed by atoms with E-state index in [9.17, 15) is 13.2 Å². The van der Waals surface area contributed by atoms with Gasteiger partial charge >= 0.3 is 0 Å². The fourth-order valence-electron chi connectivity index (χ4n) is 2.52. The molecular formula is C18H22N2O4S. The number of benzene rings is 2. The summed E-state index contributed by atoms with van der Waals surface area (Å²) in [5.74, 6) is 0.420. The van der Waals surface area contributed by atoms with Crippen molar-refractivity contribution in [3.05, 3.63) is 59.2 Å². The van der Waals surface area contributed by atoms with Crippen LogP contribution in [0.1, 0.15) is 21.5 Å². The monoisotopic (exact) mass is 362 g/mol. The molecule has 134 valence electrons. The van der Waals surface area contributed by atoms with E-state index in [1.807, 2.05) is 25.1 Å². The molecule has 0 saturated heterocycles. The summed E-state index contributed by atoms with van der Waals surface area (Å²) in [6.45, 7) is 2.31. The molecule has 25 heavy (non-hydrogen) atoms. The van der Waals surface area contributed by atoms with Crippen molar-refractivity contribution in [3.63, 3.8) is 0 Å². The van der Waals surface area contributed by atoms with Gasteiger partial charge in [-0.1, -0.05) is 29.8 Å². The number of nitrogens with one attached hydrogen (secondary N) is 1. The fraction of sp³-hybridized carbons (Fsp3) is 0.278. The first-order chi connectivity index (χ1) is 11.7. The Labute approximate surface area is 148 Å². The zero-order chi connectivity index (χ0) is 18.6. The zero-order valence-corrected chi connectivity index (χ0v) is 15.6. The molecule has 0 saturated carbocycles. The summed E-state index contributed by atoms with van der Waals surface area (Å²) in [5.41, 5.74) is 2.50. The molecule has 0 aliphatic carbocycles. The van der Waals surface area contributed by atoms with Gasteiger partial charge < -0.3 is 9.64 Å². The smallest absolute Gasteiger partial charge is 0.256 e. The van der Waals surface area contributed by atoms with Crippen molar-refractivity contribution in [3.8, 4) is 5.75 Å². The lowest BCUT2D eigenvalue weighted by molar-refractivity contribution is 0.0785. The standard InChI is InChI=1S/C18H22N2O4S/c1-13-9-10-17(24-3)14(11-13)12-20(2)18(21)15-7-5-6-8-16(15)19-25(4,22)23/h5-11,19H,12H2,1-4H3. The van der Waals surface area contributed by atoms with Gasteiger partial charge in [-0.25, -0.2) is 8.42 Å². The highest BCUT2D eigenvalue weighted by molar-refractivity contribution is 7.92. The molecule has 0 aliphatic heterocycles. The number of carbonyl (C=O) groups excluding carboxylic acids is 1. The average molecular weight is 362 g/mol. The van der Waals surface area contributed by atoms with Crippen LogP contribution in [0, 0.1) is 6.92 Å². The Kier molecular flexibility index (Phi) is 5.69. The largest absolute Gasteiger partial charge is 0.496 e. The maximum atomic E-state index is 12.8. The van der Waals surface area contributed by atoms with Gasteiger partial charge in [0.2, 0.25) is 10.0 Å². The third-order valence-electron chi connectivity index (χ3n) is 3.64. The maximum Gasteiger partial charge on any atom is 0.256 e. The van der Waals surface area contributed by atoms with Crippen molar-refractivity contribution >= 4 is 21.6 Å². The second-order valence-corrected chi connectivity index (χ2v) is 7.64. The molecule has 0 unspecified atom stereocenters. The molecule has 6 nitrogen and oxygen atoms in total. The van der Waals surface area contributed by atoms with E-state index in [-0.39, 0.29) is 11.6 Å². The summed E-state index contributed by atoms with van der Waals surface area (Å²) < 4.78 is 30.7. The lowest BCUT2D eigenvalue weighted by atomic mass is 10.1. The van der Waals surface area contributed by atoms with Gasteiger partial charge in [-0.15, -0.1) is 0 Å². The highest BCUT2D eigenvalue weighted by Crippen LogP contribution is 2.23. The van der Waals surface area contributed by atoms with Crippen LogP contribution in [-0.2, 0) is 16.6 Å². The predicted molar refractivity (Wildman–Crippen MR) is 98.4 cm³/mol. The van der Waals surface area contributed by atoms with Crippen LogP contribution in [0.4, 0.5) is 5.69 Å². The Morgan fingerprint density at radius 3 is 2.52 bits per heavy atom. The van der Waals surface area contributed by atoms with Gasteiger partial charge in [-0.05, 0) is 25.1 Å². The lowest BCUT2D eigenvalue weighted by Crippen LogP contribution is -2.27. The number of nitrogens with zero attached hydrogens (tertiary/aromatic N) is 1. The molecule has 1 N–H and O–H groups in total. The molecule has 0 atom stereocenters. The summed E-state index contributed by atoms with van der Waals surface area (Å²) in [7, 11) is -0.222. The van der Waals surface area contributed by atoms with Gasteiger partial charge in [0.1, 0.15) is 5.75 Å². The second kappa shape index (κ2) is 7.57. The number of para-hydroxylation sites is 1. The molecule has 0 heterocycles. The van der Waals surface area contributed by atoms with E-state index in [1.54, 1.807) is 38.4 Å². The van der Waals surface area contributed by atoms with Gasteiger partial charge in [0.15, 0.2) is 0 Å². The minimum absolute atomic E-state index is 0.262. The molecule has 2 aromatic carbocycles. The van der Waals surface area contributed by atoms with Gasteiger partial charge in [-0.3, -0.25) is 9.52 Å². The maximum absolute atomic E-state index is 12.8. The van der Waals surface area contributed by atoms with Crippen LogP contribution in [-0.4, -0.2) is 39.6 Å². The molecule has 0 radical (unpaired) electrons. The third-order valence-corrected chi connectivity index (χ3v) is 4.23. The summed E-state index contributed by atoms with van der Waals surface area (Å²) in [5, 5.41) is 0. The first-order valence-electron chi connectivity index (χ1n) is 7.67. The number of carbonyl (C=O) groups is 1. The Hall–Kier alpha value is -2.54. The Bertz CT molecular complexity index is 878. The van der Waals surface area contributed by atoms with E-state index >= 15 is 0 Å². The van der Waals surface area contributed by atoms with E-state index in [4.69, 9.17) is 4.74 Å². The molecular weight excluding hydrogens is 340 g/mol. The summed E-state index contributed by atoms with van der Waals surface area (Å²) in [6, 6.07) is 12.3. The molecule has 0 fully saturated rings. The van der Waals surface area contributed by atoms with Gasteiger partial charge in [-0.2, -0.15) is 0 Å². The van der Waals surface area contributed by atoms with Crippen LogP contribution in [0.25, 0.3) is 0 Å². The van der Waals surface area contributed by atoms with Crippen molar-refractivity contribution in [1.29, 1.82) is 0 Å². The average Bonchev–Trinajstić information content (AvgIpc) is 2.53. The molecule has 0 aliphatic rings. The lowest BCUT2D eigenvalue weighted by Gasteiger charge is -2.21. The highest BCUT2D eigenvalue weighted by Gasteiger charge is 2.18. The number of ether oxygens (including phenoxy) is 1. The highest BCUT2D eigenvalue weighted by atomic mass is 32.2. The van der Waals surface area contributed by atoms with E-state index in [2.05, 4.69) is 4.72 Å². The van der Waals surface area contributed by atoms with Crippen molar-refractivity contribution in [2.75, 3.05) is 25.1 Å². The Morgan fingerprint density at radius 2 is 1.88 bits per heavy atom. The SMILES string of the molecule is COc1ccc(C)cc1CN(C)C(=O)c1ccccc1NS(C)(=O)=O. The number of methoxy groups -OCH3 is 1. The van der Waals surface area contributed by atoms with E-state index < -0.39 is 10.0 Å². The number of anilines is 1. The minimum atomic E-state index is -3.47. The molecule has 0 aromatic heterocycles. The van der Waals surface area contributed by atoms with Crippen LogP contribution in [0.5, 0.6) is 5.75 Å². The molecule has 0 spiro atoms. The summed E-state index contributed by atoms with van der Waals surface area (Å²) >= 11 is 0. The van der Waals surface area contributed by atoms with Gasteiger partial charge in [0, 0.05) is 19.2 Å². The molecule has 2 aromatic rings. The predicted octanol–water partition coefficient (Wildman–Crippen LogP) is 2.65. The number of sulfonamides is 1. The van der Waals surface area contributed by atoms with Gasteiger partial charge in [0.05, 0.1) is 24.6 Å². The Balaban J connectivity index is 2.28. The zero-order valence-electron chi connectivity index (χ0n) is 14.7. The first kappa shape index (κ1) is 18.8. The van der Waals surface area contributed by atoms with E-state index in [0.717, 1.165) is 17.4 Å². The molecule has 0 bridgehead atoms. The minimum Gasteiger partial charge on any atom is -0.496 e. The van der Waals surface area contributed by atoms with Gasteiger partial charge in [0.25, 0.3) is 5.91 Å². The van der Waals surface area contributed by atoms with Crippen LogP contribution >= 0.6 is 0 Å². The third kappa shape index (κ3) is 4.96.